The van der Waals surface area contributed by atoms with Gasteiger partial charge in [-0.05, 0) is 41.8 Å². The van der Waals surface area contributed by atoms with Crippen molar-refractivity contribution in [2.45, 2.75) is 13.5 Å². The summed E-state index contributed by atoms with van der Waals surface area (Å²) < 4.78 is 0. The van der Waals surface area contributed by atoms with E-state index in [1.165, 1.54) is 0 Å². The largest absolute Gasteiger partial charge is 0.342 e. The van der Waals surface area contributed by atoms with Crippen LogP contribution >= 0.6 is 0 Å². The minimum Gasteiger partial charge on any atom is -0.342 e. The number of aryl methyl sites for hydroxylation is 1. The van der Waals surface area contributed by atoms with Gasteiger partial charge in [0.2, 0.25) is 0 Å². The zero-order valence-corrected chi connectivity index (χ0v) is 10.1. The van der Waals surface area contributed by atoms with E-state index < -0.39 is 0 Å². The highest BCUT2D eigenvalue weighted by Gasteiger charge is 2.06. The molecule has 0 unspecified atom stereocenters. The summed E-state index contributed by atoms with van der Waals surface area (Å²) in [4.78, 5) is 11.8. The van der Waals surface area contributed by atoms with Gasteiger partial charge in [0.15, 0.2) is 0 Å². The molecule has 3 aromatic rings. The Balaban J connectivity index is 2.18. The number of hydrogen-bond donors (Lipinski definition) is 2. The van der Waals surface area contributed by atoms with Gasteiger partial charge in [-0.25, -0.2) is 4.98 Å². The molecule has 4 heteroatoms. The maximum absolute atomic E-state index is 5.74. The number of nitrogens with one attached hydrogen (secondary N) is 1. The second kappa shape index (κ2) is 4.23. The number of aromatic amines is 1. The molecule has 0 saturated heterocycles. The van der Waals surface area contributed by atoms with Gasteiger partial charge in [-0.2, -0.15) is 0 Å². The van der Waals surface area contributed by atoms with Gasteiger partial charge in [-0.15, -0.1) is 0 Å². The van der Waals surface area contributed by atoms with Crippen molar-refractivity contribution in [1.82, 2.24) is 15.0 Å². The molecular formula is C14H14N4. The quantitative estimate of drug-likeness (QED) is 0.720. The van der Waals surface area contributed by atoms with Crippen LogP contribution in [0.1, 0.15) is 11.4 Å². The van der Waals surface area contributed by atoms with Gasteiger partial charge >= 0.3 is 0 Å². The van der Waals surface area contributed by atoms with Crippen LogP contribution in [0.2, 0.25) is 0 Å². The standard InChI is InChI=1S/C14H14N4/c1-9-17-13-3-2-10(6-14(13)18-9)12-4-5-16-8-11(12)7-15/h2-6,8H,7,15H2,1H3,(H,17,18). The van der Waals surface area contributed by atoms with Crippen molar-refractivity contribution in [2.24, 2.45) is 5.73 Å². The Morgan fingerprint density at radius 1 is 1.28 bits per heavy atom. The number of imidazole rings is 1. The summed E-state index contributed by atoms with van der Waals surface area (Å²) in [5.74, 6) is 0.927. The summed E-state index contributed by atoms with van der Waals surface area (Å²) in [6.45, 7) is 2.45. The molecule has 3 rings (SSSR count). The van der Waals surface area contributed by atoms with E-state index in [1.807, 2.05) is 25.3 Å². The average Bonchev–Trinajstić information content (AvgIpc) is 2.77. The Kier molecular flexibility index (Phi) is 2.57. The number of aromatic nitrogens is 3. The Hall–Kier alpha value is -2.20. The van der Waals surface area contributed by atoms with Gasteiger partial charge in [-0.1, -0.05) is 6.07 Å². The smallest absolute Gasteiger partial charge is 0.104 e. The lowest BCUT2D eigenvalue weighted by molar-refractivity contribution is 1.05. The first-order chi connectivity index (χ1) is 8.78. The Labute approximate surface area is 105 Å². The molecule has 18 heavy (non-hydrogen) atoms. The van der Waals surface area contributed by atoms with Crippen LogP contribution in [0.3, 0.4) is 0 Å². The van der Waals surface area contributed by atoms with E-state index in [4.69, 9.17) is 5.73 Å². The molecule has 0 amide bonds. The Morgan fingerprint density at radius 3 is 3.00 bits per heavy atom. The third-order valence-corrected chi connectivity index (χ3v) is 3.03. The van der Waals surface area contributed by atoms with Crippen molar-refractivity contribution >= 4 is 11.0 Å². The lowest BCUT2D eigenvalue weighted by Crippen LogP contribution is -1.99. The maximum Gasteiger partial charge on any atom is 0.104 e. The molecule has 0 aliphatic rings. The van der Waals surface area contributed by atoms with Crippen molar-refractivity contribution in [3.8, 4) is 11.1 Å². The second-order valence-electron chi connectivity index (χ2n) is 4.29. The van der Waals surface area contributed by atoms with Gasteiger partial charge in [0, 0.05) is 18.9 Å². The molecule has 0 atom stereocenters. The summed E-state index contributed by atoms with van der Waals surface area (Å²) >= 11 is 0. The molecule has 4 nitrogen and oxygen atoms in total. The van der Waals surface area contributed by atoms with Gasteiger partial charge in [0.1, 0.15) is 5.82 Å². The molecule has 0 aliphatic heterocycles. The zero-order chi connectivity index (χ0) is 12.5. The van der Waals surface area contributed by atoms with Crippen LogP contribution in [-0.4, -0.2) is 15.0 Å². The fourth-order valence-electron chi connectivity index (χ4n) is 2.18. The topological polar surface area (TPSA) is 67.6 Å². The summed E-state index contributed by atoms with van der Waals surface area (Å²) in [6.07, 6.45) is 3.61. The number of benzene rings is 1. The van der Waals surface area contributed by atoms with Crippen LogP contribution in [-0.2, 0) is 6.54 Å². The van der Waals surface area contributed by atoms with E-state index >= 15 is 0 Å². The van der Waals surface area contributed by atoms with Gasteiger partial charge in [0.05, 0.1) is 11.0 Å². The van der Waals surface area contributed by atoms with Crippen LogP contribution in [0, 0.1) is 6.92 Å². The molecule has 2 aromatic heterocycles. The number of rotatable bonds is 2. The normalized spacial score (nSPS) is 11.0. The Morgan fingerprint density at radius 2 is 2.17 bits per heavy atom. The summed E-state index contributed by atoms with van der Waals surface area (Å²) in [5.41, 5.74) is 11.1. The molecule has 0 bridgehead atoms. The van der Waals surface area contributed by atoms with E-state index in [9.17, 15) is 0 Å². The molecule has 2 heterocycles. The average molecular weight is 238 g/mol. The minimum atomic E-state index is 0.489. The summed E-state index contributed by atoms with van der Waals surface area (Å²) in [6, 6.07) is 8.18. The van der Waals surface area contributed by atoms with Gasteiger partial charge in [0.25, 0.3) is 0 Å². The molecular weight excluding hydrogens is 224 g/mol. The van der Waals surface area contributed by atoms with Crippen molar-refractivity contribution in [1.29, 1.82) is 0 Å². The molecule has 0 radical (unpaired) electrons. The molecule has 1 aromatic carbocycles. The highest BCUT2D eigenvalue weighted by molar-refractivity contribution is 5.82. The molecule has 0 fully saturated rings. The fraction of sp³-hybridized carbons (Fsp3) is 0.143. The zero-order valence-electron chi connectivity index (χ0n) is 10.1. The van der Waals surface area contributed by atoms with Gasteiger partial charge < -0.3 is 10.7 Å². The lowest BCUT2D eigenvalue weighted by atomic mass is 10.0. The fourth-order valence-corrected chi connectivity index (χ4v) is 2.18. The van der Waals surface area contributed by atoms with E-state index in [2.05, 4.69) is 27.1 Å². The number of pyridine rings is 1. The number of nitrogens with two attached hydrogens (primary N) is 1. The highest BCUT2D eigenvalue weighted by Crippen LogP contribution is 2.25. The third-order valence-electron chi connectivity index (χ3n) is 3.03. The van der Waals surface area contributed by atoms with E-state index in [-0.39, 0.29) is 0 Å². The van der Waals surface area contributed by atoms with E-state index in [1.54, 1.807) is 6.20 Å². The monoisotopic (exact) mass is 238 g/mol. The predicted molar refractivity (Wildman–Crippen MR) is 72.0 cm³/mol. The van der Waals surface area contributed by atoms with Crippen molar-refractivity contribution in [3.63, 3.8) is 0 Å². The lowest BCUT2D eigenvalue weighted by Gasteiger charge is -2.06. The molecule has 0 saturated carbocycles. The van der Waals surface area contributed by atoms with Gasteiger partial charge in [-0.3, -0.25) is 4.98 Å². The molecule has 90 valence electrons. The van der Waals surface area contributed by atoms with Crippen LogP contribution in [0.15, 0.2) is 36.7 Å². The predicted octanol–water partition coefficient (Wildman–Crippen LogP) is 2.39. The summed E-state index contributed by atoms with van der Waals surface area (Å²) in [7, 11) is 0. The van der Waals surface area contributed by atoms with Crippen LogP contribution in [0.4, 0.5) is 0 Å². The van der Waals surface area contributed by atoms with Crippen LogP contribution in [0.5, 0.6) is 0 Å². The number of hydrogen-bond acceptors (Lipinski definition) is 3. The van der Waals surface area contributed by atoms with Crippen LogP contribution in [0.25, 0.3) is 22.2 Å². The van der Waals surface area contributed by atoms with Crippen molar-refractivity contribution < 1.29 is 0 Å². The molecule has 3 N–H and O–H groups in total. The first kappa shape index (κ1) is 10.9. The minimum absolute atomic E-state index is 0.489. The Bertz CT molecular complexity index is 700. The SMILES string of the molecule is Cc1nc2ccc(-c3ccncc3CN)cc2[nH]1. The van der Waals surface area contributed by atoms with Crippen molar-refractivity contribution in [2.75, 3.05) is 0 Å². The van der Waals surface area contributed by atoms with E-state index in [0.717, 1.165) is 33.5 Å². The highest BCUT2D eigenvalue weighted by atomic mass is 14.9. The number of nitrogens with zero attached hydrogens (tertiary/aromatic N) is 2. The second-order valence-corrected chi connectivity index (χ2v) is 4.29. The molecule has 0 spiro atoms. The first-order valence-corrected chi connectivity index (χ1v) is 5.87. The van der Waals surface area contributed by atoms with Crippen molar-refractivity contribution in [3.05, 3.63) is 48.0 Å². The maximum atomic E-state index is 5.74. The molecule has 0 aliphatic carbocycles. The summed E-state index contributed by atoms with van der Waals surface area (Å²) in [5, 5.41) is 0. The number of fused-ring (bicyclic) bond motifs is 1. The number of H-pyrrole nitrogens is 1. The first-order valence-electron chi connectivity index (χ1n) is 5.87. The third kappa shape index (κ3) is 1.76. The van der Waals surface area contributed by atoms with E-state index in [0.29, 0.717) is 6.54 Å². The van der Waals surface area contributed by atoms with Crippen LogP contribution < -0.4 is 5.73 Å².